The van der Waals surface area contributed by atoms with Crippen LogP contribution in [0, 0.1) is 24.4 Å². The van der Waals surface area contributed by atoms with E-state index >= 15 is 0 Å². The fraction of sp³-hybridized carbons (Fsp3) is 0.0909. The number of anilines is 1. The van der Waals surface area contributed by atoms with E-state index in [-0.39, 0.29) is 21.3 Å². The van der Waals surface area contributed by atoms with Crippen LogP contribution in [0.5, 0.6) is 0 Å². The second kappa shape index (κ2) is 4.85. The normalized spacial score (nSPS) is 10.7. The quantitative estimate of drug-likeness (QED) is 0.674. The molecule has 0 atom stereocenters. The topological polar surface area (TPSA) is 51.8 Å². The van der Waals surface area contributed by atoms with Crippen LogP contribution >= 0.6 is 11.8 Å². The van der Waals surface area contributed by atoms with Gasteiger partial charge in [0.2, 0.25) is 0 Å². The summed E-state index contributed by atoms with van der Waals surface area (Å²) in [6.45, 7) is 1.44. The van der Waals surface area contributed by atoms with Crippen LogP contribution in [-0.4, -0.2) is 9.97 Å². The second-order valence-corrected chi connectivity index (χ2v) is 4.49. The molecular weight excluding hydrogens is 263 g/mol. The lowest BCUT2D eigenvalue weighted by atomic mass is 10.3. The summed E-state index contributed by atoms with van der Waals surface area (Å²) in [7, 11) is 0. The Morgan fingerprint density at radius 3 is 2.33 bits per heavy atom. The molecule has 0 bridgehead atoms. The number of nitrogens with two attached hydrogens (primary N) is 1. The van der Waals surface area contributed by atoms with E-state index in [0.717, 1.165) is 18.5 Å². The Morgan fingerprint density at radius 2 is 1.72 bits per heavy atom. The molecule has 0 amide bonds. The average molecular weight is 271 g/mol. The first-order valence-corrected chi connectivity index (χ1v) is 5.70. The Bertz CT molecular complexity index is 581. The minimum absolute atomic E-state index is 0.0336. The molecule has 0 aliphatic carbocycles. The Kier molecular flexibility index (Phi) is 3.42. The van der Waals surface area contributed by atoms with Gasteiger partial charge in [-0.3, -0.25) is 0 Å². The van der Waals surface area contributed by atoms with Gasteiger partial charge >= 0.3 is 0 Å². The van der Waals surface area contributed by atoms with E-state index in [2.05, 4.69) is 9.97 Å². The van der Waals surface area contributed by atoms with Gasteiger partial charge in [0.1, 0.15) is 23.0 Å². The zero-order chi connectivity index (χ0) is 13.3. The van der Waals surface area contributed by atoms with E-state index in [0.29, 0.717) is 11.8 Å². The van der Waals surface area contributed by atoms with E-state index in [9.17, 15) is 13.2 Å². The lowest BCUT2D eigenvalue weighted by molar-refractivity contribution is 0.539. The molecule has 0 saturated carbocycles. The molecule has 2 N–H and O–H groups in total. The maximum atomic E-state index is 13.6. The fourth-order valence-electron chi connectivity index (χ4n) is 1.28. The SMILES string of the molecule is Cc1ncnc(Sc2c(F)cc(N)cc2F)c1F. The number of halogens is 3. The number of nitrogen functional groups attached to an aromatic ring is 1. The molecule has 0 unspecified atom stereocenters. The van der Waals surface area contributed by atoms with Crippen molar-refractivity contribution in [3.63, 3.8) is 0 Å². The molecule has 1 heterocycles. The molecular formula is C11H8F3N3S. The molecule has 2 aromatic rings. The molecule has 3 nitrogen and oxygen atoms in total. The summed E-state index contributed by atoms with van der Waals surface area (Å²) >= 11 is 0.559. The van der Waals surface area contributed by atoms with Gasteiger partial charge in [0.05, 0.1) is 10.6 Å². The van der Waals surface area contributed by atoms with Gasteiger partial charge in [0.25, 0.3) is 0 Å². The molecule has 0 aliphatic heterocycles. The van der Waals surface area contributed by atoms with Crippen LogP contribution < -0.4 is 5.73 Å². The Morgan fingerprint density at radius 1 is 1.11 bits per heavy atom. The molecule has 1 aromatic carbocycles. The molecule has 2 rings (SSSR count). The van der Waals surface area contributed by atoms with Crippen LogP contribution in [0.4, 0.5) is 18.9 Å². The predicted molar refractivity (Wildman–Crippen MR) is 61.6 cm³/mol. The van der Waals surface area contributed by atoms with Crippen molar-refractivity contribution in [3.8, 4) is 0 Å². The van der Waals surface area contributed by atoms with Gasteiger partial charge in [0, 0.05) is 5.69 Å². The summed E-state index contributed by atoms with van der Waals surface area (Å²) in [5, 5.41) is -0.134. The molecule has 0 saturated heterocycles. The highest BCUT2D eigenvalue weighted by Gasteiger charge is 2.16. The average Bonchev–Trinajstić information content (AvgIpc) is 2.28. The van der Waals surface area contributed by atoms with E-state index in [4.69, 9.17) is 5.73 Å². The fourth-order valence-corrected chi connectivity index (χ4v) is 2.12. The summed E-state index contributed by atoms with van der Waals surface area (Å²) < 4.78 is 40.7. The first-order valence-electron chi connectivity index (χ1n) is 4.88. The molecule has 94 valence electrons. The van der Waals surface area contributed by atoms with Crippen LogP contribution in [0.3, 0.4) is 0 Å². The van der Waals surface area contributed by atoms with E-state index in [1.165, 1.54) is 6.92 Å². The number of aromatic nitrogens is 2. The number of nitrogens with zero attached hydrogens (tertiary/aromatic N) is 2. The zero-order valence-electron chi connectivity index (χ0n) is 9.25. The van der Waals surface area contributed by atoms with E-state index in [1.807, 2.05) is 0 Å². The van der Waals surface area contributed by atoms with Gasteiger partial charge in [0.15, 0.2) is 5.82 Å². The second-order valence-electron chi connectivity index (χ2n) is 3.49. The van der Waals surface area contributed by atoms with Gasteiger partial charge < -0.3 is 5.73 Å². The Hall–Kier alpha value is -1.76. The maximum absolute atomic E-state index is 13.6. The number of aryl methyl sites for hydroxylation is 1. The summed E-state index contributed by atoms with van der Waals surface area (Å²) in [4.78, 5) is 6.94. The largest absolute Gasteiger partial charge is 0.399 e. The summed E-state index contributed by atoms with van der Waals surface area (Å²) in [5.41, 5.74) is 5.37. The van der Waals surface area contributed by atoms with Crippen LogP contribution in [0.2, 0.25) is 0 Å². The Labute approximate surface area is 105 Å². The van der Waals surface area contributed by atoms with Crippen molar-refractivity contribution < 1.29 is 13.2 Å². The van der Waals surface area contributed by atoms with Gasteiger partial charge in [-0.25, -0.2) is 23.1 Å². The lowest BCUT2D eigenvalue weighted by Crippen LogP contribution is -1.97. The summed E-state index contributed by atoms with van der Waals surface area (Å²) in [6, 6.07) is 1.94. The third-order valence-electron chi connectivity index (χ3n) is 2.15. The summed E-state index contributed by atoms with van der Waals surface area (Å²) in [5.74, 6) is -2.40. The van der Waals surface area contributed by atoms with Crippen LogP contribution in [0.1, 0.15) is 5.69 Å². The van der Waals surface area contributed by atoms with E-state index < -0.39 is 17.5 Å². The minimum Gasteiger partial charge on any atom is -0.399 e. The first kappa shape index (κ1) is 12.7. The standard InChI is InChI=1S/C11H8F3N3S/c1-5-9(14)11(17-4-16-5)18-10-7(12)2-6(15)3-8(10)13/h2-4H,15H2,1H3. The van der Waals surface area contributed by atoms with Crippen molar-refractivity contribution in [2.45, 2.75) is 16.8 Å². The first-order chi connectivity index (χ1) is 8.49. The van der Waals surface area contributed by atoms with Crippen LogP contribution in [0.15, 0.2) is 28.4 Å². The number of hydrogen-bond acceptors (Lipinski definition) is 4. The van der Waals surface area contributed by atoms with E-state index in [1.54, 1.807) is 0 Å². The van der Waals surface area contributed by atoms with Gasteiger partial charge in [-0.15, -0.1) is 0 Å². The van der Waals surface area contributed by atoms with Crippen molar-refractivity contribution >= 4 is 17.4 Å². The maximum Gasteiger partial charge on any atom is 0.176 e. The van der Waals surface area contributed by atoms with Gasteiger partial charge in [-0.05, 0) is 19.1 Å². The van der Waals surface area contributed by atoms with Crippen molar-refractivity contribution in [1.82, 2.24) is 9.97 Å². The highest BCUT2D eigenvalue weighted by molar-refractivity contribution is 7.99. The smallest absolute Gasteiger partial charge is 0.176 e. The molecule has 0 spiro atoms. The number of hydrogen-bond donors (Lipinski definition) is 1. The monoisotopic (exact) mass is 271 g/mol. The predicted octanol–water partition coefficient (Wildman–Crippen LogP) is 2.94. The van der Waals surface area contributed by atoms with Gasteiger partial charge in [-0.2, -0.15) is 0 Å². The lowest BCUT2D eigenvalue weighted by Gasteiger charge is -2.06. The third kappa shape index (κ3) is 2.40. The third-order valence-corrected chi connectivity index (χ3v) is 3.22. The molecule has 0 fully saturated rings. The molecule has 18 heavy (non-hydrogen) atoms. The zero-order valence-corrected chi connectivity index (χ0v) is 10.1. The van der Waals surface area contributed by atoms with Crippen LogP contribution in [-0.2, 0) is 0 Å². The van der Waals surface area contributed by atoms with Crippen molar-refractivity contribution in [2.24, 2.45) is 0 Å². The van der Waals surface area contributed by atoms with Crippen molar-refractivity contribution in [1.29, 1.82) is 0 Å². The number of benzene rings is 1. The molecule has 0 aliphatic rings. The highest BCUT2D eigenvalue weighted by Crippen LogP contribution is 2.33. The summed E-state index contributed by atoms with van der Waals surface area (Å²) in [6.07, 6.45) is 1.13. The number of rotatable bonds is 2. The van der Waals surface area contributed by atoms with Gasteiger partial charge in [-0.1, -0.05) is 11.8 Å². The Balaban J connectivity index is 2.43. The minimum atomic E-state index is -0.854. The molecule has 0 radical (unpaired) electrons. The van der Waals surface area contributed by atoms with Crippen molar-refractivity contribution in [2.75, 3.05) is 5.73 Å². The molecule has 7 heteroatoms. The van der Waals surface area contributed by atoms with Crippen LogP contribution in [0.25, 0.3) is 0 Å². The van der Waals surface area contributed by atoms with Crippen molar-refractivity contribution in [3.05, 3.63) is 41.6 Å². The molecule has 1 aromatic heterocycles. The highest BCUT2D eigenvalue weighted by atomic mass is 32.2.